The first-order chi connectivity index (χ1) is 6.15. The second-order valence-corrected chi connectivity index (χ2v) is 3.68. The molecule has 1 heterocycles. The van der Waals surface area contributed by atoms with E-state index >= 15 is 0 Å². The van der Waals surface area contributed by atoms with Crippen LogP contribution in [0.2, 0.25) is 0 Å². The van der Waals surface area contributed by atoms with Gasteiger partial charge in [-0.2, -0.15) is 0 Å². The Kier molecular flexibility index (Phi) is 3.54. The van der Waals surface area contributed by atoms with Crippen molar-refractivity contribution in [2.45, 2.75) is 18.9 Å². The van der Waals surface area contributed by atoms with Crippen molar-refractivity contribution in [1.82, 2.24) is 9.80 Å². The Hall–Kier alpha value is -0.770. The van der Waals surface area contributed by atoms with Gasteiger partial charge in [-0.3, -0.25) is 0 Å². The minimum atomic E-state index is -0.202. The van der Waals surface area contributed by atoms with E-state index in [-0.39, 0.29) is 6.09 Å². The number of likely N-dealkylation sites (tertiary alicyclic amines) is 1. The van der Waals surface area contributed by atoms with Gasteiger partial charge in [-0.1, -0.05) is 0 Å². The largest absolute Gasteiger partial charge is 0.453 e. The van der Waals surface area contributed by atoms with Crippen LogP contribution in [0.15, 0.2) is 0 Å². The molecule has 1 unspecified atom stereocenters. The number of hydrogen-bond donors (Lipinski definition) is 0. The molecule has 0 radical (unpaired) electrons. The second-order valence-electron chi connectivity index (χ2n) is 3.68. The van der Waals surface area contributed by atoms with E-state index in [1.165, 1.54) is 13.5 Å². The van der Waals surface area contributed by atoms with E-state index in [1.54, 1.807) is 4.90 Å². The molecule has 1 saturated heterocycles. The molecule has 0 aliphatic carbocycles. The Balaban J connectivity index is 2.46. The number of hydrogen-bond acceptors (Lipinski definition) is 3. The third-order valence-corrected chi connectivity index (χ3v) is 2.56. The minimum absolute atomic E-state index is 0.202. The van der Waals surface area contributed by atoms with E-state index in [4.69, 9.17) is 0 Å². The number of ether oxygens (including phenoxy) is 1. The topological polar surface area (TPSA) is 32.8 Å². The van der Waals surface area contributed by atoms with Gasteiger partial charge < -0.3 is 14.5 Å². The molecule has 0 aromatic heterocycles. The Morgan fingerprint density at radius 3 is 2.77 bits per heavy atom. The molecule has 4 heteroatoms. The van der Waals surface area contributed by atoms with E-state index in [9.17, 15) is 4.79 Å². The van der Waals surface area contributed by atoms with E-state index < -0.39 is 0 Å². The van der Waals surface area contributed by atoms with Crippen LogP contribution >= 0.6 is 0 Å². The van der Waals surface area contributed by atoms with Crippen LogP contribution in [0.1, 0.15) is 12.8 Å². The monoisotopic (exact) mass is 186 g/mol. The third kappa shape index (κ3) is 2.59. The maximum atomic E-state index is 11.2. The van der Waals surface area contributed by atoms with Crippen molar-refractivity contribution in [1.29, 1.82) is 0 Å². The van der Waals surface area contributed by atoms with Gasteiger partial charge in [0, 0.05) is 19.1 Å². The molecule has 0 bridgehead atoms. The molecule has 13 heavy (non-hydrogen) atoms. The summed E-state index contributed by atoms with van der Waals surface area (Å²) in [5, 5.41) is 0. The Labute approximate surface area is 79.4 Å². The third-order valence-electron chi connectivity index (χ3n) is 2.56. The van der Waals surface area contributed by atoms with Crippen molar-refractivity contribution in [2.75, 3.05) is 34.3 Å². The van der Waals surface area contributed by atoms with Gasteiger partial charge >= 0.3 is 6.09 Å². The zero-order valence-electron chi connectivity index (χ0n) is 8.62. The average Bonchev–Trinajstić information content (AvgIpc) is 2.17. The zero-order valence-corrected chi connectivity index (χ0v) is 8.62. The van der Waals surface area contributed by atoms with Gasteiger partial charge in [0.25, 0.3) is 0 Å². The van der Waals surface area contributed by atoms with Crippen molar-refractivity contribution in [3.63, 3.8) is 0 Å². The fourth-order valence-corrected chi connectivity index (χ4v) is 1.67. The van der Waals surface area contributed by atoms with Crippen LogP contribution in [0.25, 0.3) is 0 Å². The summed E-state index contributed by atoms with van der Waals surface area (Å²) >= 11 is 0. The van der Waals surface area contributed by atoms with E-state index in [0.717, 1.165) is 19.5 Å². The fourth-order valence-electron chi connectivity index (χ4n) is 1.67. The summed E-state index contributed by atoms with van der Waals surface area (Å²) < 4.78 is 4.69. The van der Waals surface area contributed by atoms with Gasteiger partial charge in [0.1, 0.15) is 0 Å². The molecule has 4 nitrogen and oxygen atoms in total. The highest BCUT2D eigenvalue weighted by Crippen LogP contribution is 2.13. The molecule has 1 fully saturated rings. The van der Waals surface area contributed by atoms with Gasteiger partial charge in [-0.15, -0.1) is 0 Å². The van der Waals surface area contributed by atoms with E-state index in [1.807, 2.05) is 14.1 Å². The standard InChI is InChI=1S/C9H18N2O2/c1-10(2)8-5-4-6-11(7-8)9(12)13-3/h8H,4-7H2,1-3H3. The summed E-state index contributed by atoms with van der Waals surface area (Å²) in [6.45, 7) is 1.62. The minimum Gasteiger partial charge on any atom is -0.453 e. The van der Waals surface area contributed by atoms with Crippen molar-refractivity contribution < 1.29 is 9.53 Å². The van der Waals surface area contributed by atoms with Crippen LogP contribution in [-0.2, 0) is 4.74 Å². The van der Waals surface area contributed by atoms with Crippen molar-refractivity contribution >= 4 is 6.09 Å². The van der Waals surface area contributed by atoms with Crippen LogP contribution < -0.4 is 0 Å². The van der Waals surface area contributed by atoms with Crippen LogP contribution in [-0.4, -0.2) is 56.2 Å². The van der Waals surface area contributed by atoms with Crippen LogP contribution in [0.4, 0.5) is 4.79 Å². The first-order valence-corrected chi connectivity index (χ1v) is 4.64. The van der Waals surface area contributed by atoms with Gasteiger partial charge in [-0.25, -0.2) is 4.79 Å². The highest BCUT2D eigenvalue weighted by atomic mass is 16.5. The smallest absolute Gasteiger partial charge is 0.409 e. The molecule has 76 valence electrons. The quantitative estimate of drug-likeness (QED) is 0.606. The summed E-state index contributed by atoms with van der Waals surface area (Å²) in [5.41, 5.74) is 0. The summed E-state index contributed by atoms with van der Waals surface area (Å²) in [4.78, 5) is 15.2. The van der Waals surface area contributed by atoms with E-state index in [0.29, 0.717) is 6.04 Å². The predicted octanol–water partition coefficient (Wildman–Crippen LogP) is 0.779. The normalized spacial score (nSPS) is 23.4. The average molecular weight is 186 g/mol. The van der Waals surface area contributed by atoms with Gasteiger partial charge in [0.2, 0.25) is 0 Å². The SMILES string of the molecule is COC(=O)N1CCCC(N(C)C)C1. The number of methoxy groups -OCH3 is 1. The predicted molar refractivity (Wildman–Crippen MR) is 50.7 cm³/mol. The number of rotatable bonds is 1. The van der Waals surface area contributed by atoms with Crippen molar-refractivity contribution in [3.8, 4) is 0 Å². The number of amides is 1. The molecule has 1 aliphatic rings. The number of carbonyl (C=O) groups excluding carboxylic acids is 1. The molecule has 1 rings (SSSR count). The summed E-state index contributed by atoms with van der Waals surface area (Å²) in [5.74, 6) is 0. The lowest BCUT2D eigenvalue weighted by molar-refractivity contribution is 0.0909. The molecule has 1 amide bonds. The Morgan fingerprint density at radius 1 is 1.54 bits per heavy atom. The molecule has 1 atom stereocenters. The Bertz CT molecular complexity index is 182. The first kappa shape index (κ1) is 10.3. The maximum Gasteiger partial charge on any atom is 0.409 e. The van der Waals surface area contributed by atoms with Gasteiger partial charge in [0.05, 0.1) is 7.11 Å². The van der Waals surface area contributed by atoms with Gasteiger partial charge in [-0.05, 0) is 26.9 Å². The number of likely N-dealkylation sites (N-methyl/N-ethyl adjacent to an activating group) is 1. The second kappa shape index (κ2) is 4.46. The zero-order chi connectivity index (χ0) is 9.84. The molecule has 1 aliphatic heterocycles. The first-order valence-electron chi connectivity index (χ1n) is 4.64. The van der Waals surface area contributed by atoms with Crippen molar-refractivity contribution in [3.05, 3.63) is 0 Å². The van der Waals surface area contributed by atoms with Crippen LogP contribution in [0, 0.1) is 0 Å². The van der Waals surface area contributed by atoms with Crippen LogP contribution in [0.3, 0.4) is 0 Å². The molecule has 0 N–H and O–H groups in total. The molecule has 0 aromatic rings. The van der Waals surface area contributed by atoms with Crippen LogP contribution in [0.5, 0.6) is 0 Å². The van der Waals surface area contributed by atoms with Gasteiger partial charge in [0.15, 0.2) is 0 Å². The lowest BCUT2D eigenvalue weighted by Gasteiger charge is -2.35. The molecular weight excluding hydrogens is 168 g/mol. The summed E-state index contributed by atoms with van der Waals surface area (Å²) in [6.07, 6.45) is 2.03. The maximum absolute atomic E-state index is 11.2. The fraction of sp³-hybridized carbons (Fsp3) is 0.889. The van der Waals surface area contributed by atoms with E-state index in [2.05, 4.69) is 9.64 Å². The Morgan fingerprint density at radius 2 is 2.23 bits per heavy atom. The molecule has 0 aromatic carbocycles. The lowest BCUT2D eigenvalue weighted by atomic mass is 10.1. The molecule has 0 spiro atoms. The number of nitrogens with zero attached hydrogens (tertiary/aromatic N) is 2. The lowest BCUT2D eigenvalue weighted by Crippen LogP contribution is -2.47. The summed E-state index contributed by atoms with van der Waals surface area (Å²) in [6, 6.07) is 0.479. The summed E-state index contributed by atoms with van der Waals surface area (Å²) in [7, 11) is 5.53. The molecule has 0 saturated carbocycles. The van der Waals surface area contributed by atoms with Crippen molar-refractivity contribution in [2.24, 2.45) is 0 Å². The highest BCUT2D eigenvalue weighted by molar-refractivity contribution is 5.67. The number of piperidine rings is 1. The highest BCUT2D eigenvalue weighted by Gasteiger charge is 2.24. The number of carbonyl (C=O) groups is 1. The molecular formula is C9H18N2O2.